The molecule has 3 rings (SSSR count). The van der Waals surface area contributed by atoms with Gasteiger partial charge in [-0.05, 0) is 29.2 Å². The maximum absolute atomic E-state index is 12.9. The highest BCUT2D eigenvalue weighted by molar-refractivity contribution is 8.00. The van der Waals surface area contributed by atoms with Crippen LogP contribution in [-0.4, -0.2) is 62.6 Å². The maximum Gasteiger partial charge on any atom is 0.236 e. The Labute approximate surface area is 141 Å². The molecule has 7 nitrogen and oxygen atoms in total. The molecule has 1 amide bonds. The van der Waals surface area contributed by atoms with E-state index in [9.17, 15) is 4.79 Å². The monoisotopic (exact) mass is 339 g/mol. The fourth-order valence-corrected chi connectivity index (χ4v) is 4.32. The van der Waals surface area contributed by atoms with Crippen LogP contribution in [0.4, 0.5) is 0 Å². The molecule has 1 aliphatic carbocycles. The third-order valence-electron chi connectivity index (χ3n) is 4.54. The summed E-state index contributed by atoms with van der Waals surface area (Å²) in [7, 11) is 0. The van der Waals surface area contributed by atoms with E-state index in [0.717, 1.165) is 18.0 Å². The van der Waals surface area contributed by atoms with Gasteiger partial charge in [-0.15, -0.1) is 5.10 Å². The zero-order chi connectivity index (χ0) is 16.2. The van der Waals surface area contributed by atoms with Gasteiger partial charge in [-0.2, -0.15) is 0 Å². The smallest absolute Gasteiger partial charge is 0.236 e. The van der Waals surface area contributed by atoms with Gasteiger partial charge in [-0.3, -0.25) is 4.79 Å². The summed E-state index contributed by atoms with van der Waals surface area (Å²) >= 11 is 1.51. The largest absolute Gasteiger partial charge is 0.378 e. The van der Waals surface area contributed by atoms with Crippen molar-refractivity contribution in [2.45, 2.75) is 56.0 Å². The van der Waals surface area contributed by atoms with Crippen molar-refractivity contribution in [1.82, 2.24) is 25.1 Å². The molecule has 1 atom stereocenters. The van der Waals surface area contributed by atoms with Crippen molar-refractivity contribution in [3.05, 3.63) is 0 Å². The van der Waals surface area contributed by atoms with Gasteiger partial charge in [0, 0.05) is 13.1 Å². The first kappa shape index (κ1) is 16.7. The van der Waals surface area contributed by atoms with E-state index in [0.29, 0.717) is 32.3 Å². The number of morpholine rings is 1. The molecular formula is C15H25N5O2S. The maximum atomic E-state index is 12.9. The number of nitrogens with zero attached hydrogens (tertiary/aromatic N) is 5. The molecule has 1 aliphatic heterocycles. The average molecular weight is 339 g/mol. The lowest BCUT2D eigenvalue weighted by Crippen LogP contribution is -2.46. The minimum atomic E-state index is -0.153. The van der Waals surface area contributed by atoms with Crippen LogP contribution in [0.2, 0.25) is 0 Å². The third kappa shape index (κ3) is 3.85. The lowest BCUT2D eigenvalue weighted by Gasteiger charge is -2.31. The Balaban J connectivity index is 1.72. The van der Waals surface area contributed by atoms with E-state index in [1.165, 1.54) is 24.6 Å². The van der Waals surface area contributed by atoms with E-state index in [2.05, 4.69) is 29.4 Å². The molecule has 0 N–H and O–H groups in total. The second-order valence-electron chi connectivity index (χ2n) is 6.56. The van der Waals surface area contributed by atoms with Gasteiger partial charge in [-0.1, -0.05) is 38.5 Å². The summed E-state index contributed by atoms with van der Waals surface area (Å²) < 4.78 is 7.28. The topological polar surface area (TPSA) is 73.1 Å². The Hall–Kier alpha value is -1.15. The normalized spacial score (nSPS) is 21.1. The summed E-state index contributed by atoms with van der Waals surface area (Å²) in [5.74, 6) is 0.401. The predicted octanol–water partition coefficient (Wildman–Crippen LogP) is 1.76. The number of amides is 1. The lowest BCUT2D eigenvalue weighted by molar-refractivity contribution is -0.135. The fraction of sp³-hybridized carbons (Fsp3) is 0.867. The van der Waals surface area contributed by atoms with Gasteiger partial charge in [-0.25, -0.2) is 4.68 Å². The number of tetrazole rings is 1. The van der Waals surface area contributed by atoms with Crippen LogP contribution < -0.4 is 0 Å². The Morgan fingerprint density at radius 2 is 1.96 bits per heavy atom. The predicted molar refractivity (Wildman–Crippen MR) is 87.2 cm³/mol. The van der Waals surface area contributed by atoms with Crippen LogP contribution in [0.3, 0.4) is 0 Å². The molecule has 0 unspecified atom stereocenters. The first-order valence-corrected chi connectivity index (χ1v) is 9.36. The SMILES string of the molecule is CC(C)[C@@H](Sc1nnnn1C1CCCC1)C(=O)N1CCOCC1. The van der Waals surface area contributed by atoms with E-state index in [4.69, 9.17) is 4.74 Å². The number of aromatic nitrogens is 4. The Morgan fingerprint density at radius 1 is 1.26 bits per heavy atom. The van der Waals surface area contributed by atoms with Crippen LogP contribution in [-0.2, 0) is 9.53 Å². The highest BCUT2D eigenvalue weighted by Gasteiger charge is 2.32. The first-order chi connectivity index (χ1) is 11.2. The van der Waals surface area contributed by atoms with Crippen LogP contribution in [0.1, 0.15) is 45.6 Å². The van der Waals surface area contributed by atoms with Gasteiger partial charge in [0.2, 0.25) is 11.1 Å². The average Bonchev–Trinajstić information content (AvgIpc) is 3.23. The number of carbonyl (C=O) groups is 1. The van der Waals surface area contributed by atoms with Gasteiger partial charge >= 0.3 is 0 Å². The standard InChI is InChI=1S/C15H25N5O2S/c1-11(2)13(14(21)19-7-9-22-10-8-19)23-15-16-17-18-20(15)12-5-3-4-6-12/h11-13H,3-10H2,1-2H3/t13-/m1/s1. The molecule has 0 aromatic carbocycles. The molecule has 2 fully saturated rings. The summed E-state index contributed by atoms with van der Waals surface area (Å²) in [6.07, 6.45) is 4.72. The zero-order valence-electron chi connectivity index (χ0n) is 13.8. The number of rotatable bonds is 5. The summed E-state index contributed by atoms with van der Waals surface area (Å²) in [6, 6.07) is 0.388. The molecule has 2 aliphatic rings. The summed E-state index contributed by atoms with van der Waals surface area (Å²) in [5, 5.41) is 12.8. The molecular weight excluding hydrogens is 314 g/mol. The second kappa shape index (κ2) is 7.61. The third-order valence-corrected chi connectivity index (χ3v) is 6.02. The van der Waals surface area contributed by atoms with Crippen molar-refractivity contribution in [1.29, 1.82) is 0 Å². The Bertz CT molecular complexity index is 524. The molecule has 128 valence electrons. The number of thioether (sulfide) groups is 1. The van der Waals surface area contributed by atoms with Gasteiger partial charge < -0.3 is 9.64 Å². The van der Waals surface area contributed by atoms with Crippen molar-refractivity contribution >= 4 is 17.7 Å². The zero-order valence-corrected chi connectivity index (χ0v) is 14.7. The van der Waals surface area contributed by atoms with Crippen molar-refractivity contribution in [3.63, 3.8) is 0 Å². The molecule has 1 saturated heterocycles. The molecule has 1 aromatic rings. The fourth-order valence-electron chi connectivity index (χ4n) is 3.19. The molecule has 0 bridgehead atoms. The van der Waals surface area contributed by atoms with Gasteiger partial charge in [0.15, 0.2) is 0 Å². The summed E-state index contributed by atoms with van der Waals surface area (Å²) in [5.41, 5.74) is 0. The van der Waals surface area contributed by atoms with E-state index in [1.807, 2.05) is 9.58 Å². The quantitative estimate of drug-likeness (QED) is 0.761. The van der Waals surface area contributed by atoms with Crippen LogP contribution in [0.25, 0.3) is 0 Å². The van der Waals surface area contributed by atoms with Crippen molar-refractivity contribution in [3.8, 4) is 0 Å². The summed E-state index contributed by atoms with van der Waals surface area (Å²) in [6.45, 7) is 6.77. The Morgan fingerprint density at radius 3 is 2.61 bits per heavy atom. The summed E-state index contributed by atoms with van der Waals surface area (Å²) in [4.78, 5) is 14.8. The number of hydrogen-bond acceptors (Lipinski definition) is 6. The van der Waals surface area contributed by atoms with Crippen molar-refractivity contribution in [2.24, 2.45) is 5.92 Å². The highest BCUT2D eigenvalue weighted by Crippen LogP contribution is 2.34. The molecule has 1 saturated carbocycles. The second-order valence-corrected chi connectivity index (χ2v) is 7.67. The number of ether oxygens (including phenoxy) is 1. The molecule has 2 heterocycles. The highest BCUT2D eigenvalue weighted by atomic mass is 32.2. The molecule has 8 heteroatoms. The van der Waals surface area contributed by atoms with E-state index < -0.39 is 0 Å². The Kier molecular flexibility index (Phi) is 5.53. The lowest BCUT2D eigenvalue weighted by atomic mass is 10.1. The van der Waals surface area contributed by atoms with Gasteiger partial charge in [0.25, 0.3) is 0 Å². The molecule has 1 aromatic heterocycles. The van der Waals surface area contributed by atoms with Crippen molar-refractivity contribution < 1.29 is 9.53 Å². The van der Waals surface area contributed by atoms with Crippen LogP contribution in [0.5, 0.6) is 0 Å². The van der Waals surface area contributed by atoms with Crippen LogP contribution in [0.15, 0.2) is 5.16 Å². The van der Waals surface area contributed by atoms with Crippen LogP contribution in [0, 0.1) is 5.92 Å². The minimum absolute atomic E-state index is 0.153. The van der Waals surface area contributed by atoms with Crippen molar-refractivity contribution in [2.75, 3.05) is 26.3 Å². The first-order valence-electron chi connectivity index (χ1n) is 8.48. The molecule has 0 radical (unpaired) electrons. The van der Waals surface area contributed by atoms with E-state index in [-0.39, 0.29) is 17.1 Å². The van der Waals surface area contributed by atoms with Gasteiger partial charge in [0.05, 0.1) is 24.5 Å². The van der Waals surface area contributed by atoms with Gasteiger partial charge in [0.1, 0.15) is 0 Å². The van der Waals surface area contributed by atoms with Crippen LogP contribution >= 0.6 is 11.8 Å². The van der Waals surface area contributed by atoms with E-state index in [1.54, 1.807) is 0 Å². The van der Waals surface area contributed by atoms with E-state index >= 15 is 0 Å². The minimum Gasteiger partial charge on any atom is -0.378 e. The number of carbonyl (C=O) groups excluding carboxylic acids is 1. The molecule has 23 heavy (non-hydrogen) atoms. The molecule has 0 spiro atoms. The number of hydrogen-bond donors (Lipinski definition) is 0.